The van der Waals surface area contributed by atoms with Crippen molar-refractivity contribution in [2.24, 2.45) is 7.05 Å². The minimum atomic E-state index is -0.848. The van der Waals surface area contributed by atoms with Crippen LogP contribution in [0.15, 0.2) is 5.16 Å². The third-order valence-electron chi connectivity index (χ3n) is 3.46. The third kappa shape index (κ3) is 2.55. The zero-order valence-electron chi connectivity index (χ0n) is 10.7. The van der Waals surface area contributed by atoms with E-state index in [1.807, 2.05) is 11.6 Å². The standard InChI is InChI=1S/C11H16N4O3S/c1-14-10(12-13-11(14)19-6-9(16)17)15-4-7-2-3-8(5-15)18-7/h7-8H,2-6H2,1H3,(H,16,17). The number of rotatable bonds is 4. The highest BCUT2D eigenvalue weighted by Gasteiger charge is 2.35. The molecule has 0 saturated carbocycles. The number of carboxylic acids is 1. The highest BCUT2D eigenvalue weighted by atomic mass is 32.2. The second-order valence-electron chi connectivity index (χ2n) is 4.89. The van der Waals surface area contributed by atoms with Gasteiger partial charge in [-0.2, -0.15) is 0 Å². The van der Waals surface area contributed by atoms with Gasteiger partial charge in [-0.1, -0.05) is 11.8 Å². The van der Waals surface area contributed by atoms with Crippen LogP contribution >= 0.6 is 11.8 Å². The van der Waals surface area contributed by atoms with Gasteiger partial charge in [-0.3, -0.25) is 9.36 Å². The zero-order chi connectivity index (χ0) is 13.4. The maximum atomic E-state index is 10.6. The van der Waals surface area contributed by atoms with Gasteiger partial charge in [0.25, 0.3) is 0 Å². The highest BCUT2D eigenvalue weighted by Crippen LogP contribution is 2.29. The number of anilines is 1. The van der Waals surface area contributed by atoms with Crippen molar-refractivity contribution >= 4 is 23.7 Å². The second-order valence-corrected chi connectivity index (χ2v) is 5.83. The van der Waals surface area contributed by atoms with E-state index >= 15 is 0 Å². The molecule has 0 aromatic carbocycles. The Bertz CT molecular complexity index is 480. The van der Waals surface area contributed by atoms with E-state index in [2.05, 4.69) is 15.1 Å². The number of aliphatic carboxylic acids is 1. The van der Waals surface area contributed by atoms with Crippen LogP contribution in [0.25, 0.3) is 0 Å². The lowest BCUT2D eigenvalue weighted by molar-refractivity contribution is -0.133. The Hall–Kier alpha value is -1.28. The molecular weight excluding hydrogens is 268 g/mol. The predicted octanol–water partition coefficient (Wildman–Crippen LogP) is 0.359. The molecule has 2 aliphatic heterocycles. The van der Waals surface area contributed by atoms with Gasteiger partial charge < -0.3 is 14.7 Å². The maximum absolute atomic E-state index is 10.6. The molecule has 2 saturated heterocycles. The Morgan fingerprint density at radius 3 is 2.74 bits per heavy atom. The zero-order valence-corrected chi connectivity index (χ0v) is 11.5. The molecule has 2 fully saturated rings. The normalized spacial score (nSPS) is 25.8. The molecule has 2 bridgehead atoms. The molecule has 2 atom stereocenters. The van der Waals surface area contributed by atoms with Gasteiger partial charge in [-0.05, 0) is 12.8 Å². The summed E-state index contributed by atoms with van der Waals surface area (Å²) >= 11 is 1.19. The molecule has 0 amide bonds. The van der Waals surface area contributed by atoms with E-state index in [1.165, 1.54) is 11.8 Å². The first-order chi connectivity index (χ1) is 9.13. The van der Waals surface area contributed by atoms with Crippen molar-refractivity contribution in [2.75, 3.05) is 23.7 Å². The fraction of sp³-hybridized carbons (Fsp3) is 0.727. The molecule has 8 heteroatoms. The highest BCUT2D eigenvalue weighted by molar-refractivity contribution is 7.99. The third-order valence-corrected chi connectivity index (χ3v) is 4.47. The van der Waals surface area contributed by atoms with Gasteiger partial charge >= 0.3 is 5.97 Å². The van der Waals surface area contributed by atoms with Gasteiger partial charge in [0.2, 0.25) is 5.95 Å². The molecule has 0 spiro atoms. The predicted molar refractivity (Wildman–Crippen MR) is 69.5 cm³/mol. The Morgan fingerprint density at radius 1 is 1.42 bits per heavy atom. The Morgan fingerprint density at radius 2 is 2.11 bits per heavy atom. The van der Waals surface area contributed by atoms with Crippen LogP contribution in [0.4, 0.5) is 5.95 Å². The van der Waals surface area contributed by atoms with E-state index in [1.54, 1.807) is 0 Å². The molecule has 2 aliphatic rings. The molecule has 3 rings (SSSR count). The SMILES string of the molecule is Cn1c(SCC(=O)O)nnc1N1CC2CCC(C1)O2. The van der Waals surface area contributed by atoms with E-state index in [0.29, 0.717) is 17.4 Å². The van der Waals surface area contributed by atoms with Crippen molar-refractivity contribution in [1.29, 1.82) is 0 Å². The summed E-state index contributed by atoms with van der Waals surface area (Å²) in [4.78, 5) is 12.8. The van der Waals surface area contributed by atoms with E-state index in [-0.39, 0.29) is 5.75 Å². The summed E-state index contributed by atoms with van der Waals surface area (Å²) in [7, 11) is 1.87. The van der Waals surface area contributed by atoms with Crippen molar-refractivity contribution in [3.05, 3.63) is 0 Å². The summed E-state index contributed by atoms with van der Waals surface area (Å²) in [5.41, 5.74) is 0. The Balaban J connectivity index is 1.72. The second kappa shape index (κ2) is 5.01. The first-order valence-electron chi connectivity index (χ1n) is 6.28. The number of nitrogens with zero attached hydrogens (tertiary/aromatic N) is 4. The molecule has 1 aromatic rings. The van der Waals surface area contributed by atoms with Gasteiger partial charge in [0.05, 0.1) is 18.0 Å². The van der Waals surface area contributed by atoms with Gasteiger partial charge in [-0.15, -0.1) is 10.2 Å². The molecule has 104 valence electrons. The molecular formula is C11H16N4O3S. The summed E-state index contributed by atoms with van der Waals surface area (Å²) < 4.78 is 7.65. The first kappa shape index (κ1) is 12.7. The Labute approximate surface area is 114 Å². The summed E-state index contributed by atoms with van der Waals surface area (Å²) in [6.45, 7) is 1.68. The van der Waals surface area contributed by atoms with E-state index in [9.17, 15) is 4.79 Å². The molecule has 3 heterocycles. The van der Waals surface area contributed by atoms with E-state index < -0.39 is 5.97 Å². The van der Waals surface area contributed by atoms with Crippen LogP contribution in [0, 0.1) is 0 Å². The lowest BCUT2D eigenvalue weighted by Gasteiger charge is -2.32. The summed E-state index contributed by atoms with van der Waals surface area (Å²) in [5.74, 6) is -0.0487. The fourth-order valence-electron chi connectivity index (χ4n) is 2.61. The number of ether oxygens (including phenoxy) is 1. The molecule has 0 radical (unpaired) electrons. The first-order valence-corrected chi connectivity index (χ1v) is 7.26. The van der Waals surface area contributed by atoms with Gasteiger partial charge in [0.1, 0.15) is 0 Å². The largest absolute Gasteiger partial charge is 0.481 e. The number of hydrogen-bond acceptors (Lipinski definition) is 6. The van der Waals surface area contributed by atoms with Gasteiger partial charge in [0, 0.05) is 20.1 Å². The molecule has 0 aliphatic carbocycles. The number of hydrogen-bond donors (Lipinski definition) is 1. The van der Waals surface area contributed by atoms with Crippen LogP contribution in [-0.4, -0.2) is 56.9 Å². The summed E-state index contributed by atoms with van der Waals surface area (Å²) in [6, 6.07) is 0. The van der Waals surface area contributed by atoms with Crippen LogP contribution < -0.4 is 4.90 Å². The number of carbonyl (C=O) groups is 1. The average molecular weight is 284 g/mol. The lowest BCUT2D eigenvalue weighted by Crippen LogP contribution is -2.43. The maximum Gasteiger partial charge on any atom is 0.313 e. The quantitative estimate of drug-likeness (QED) is 0.799. The van der Waals surface area contributed by atoms with Crippen molar-refractivity contribution in [2.45, 2.75) is 30.2 Å². The monoisotopic (exact) mass is 284 g/mol. The van der Waals surface area contributed by atoms with Crippen LogP contribution in [-0.2, 0) is 16.6 Å². The number of aromatic nitrogens is 3. The average Bonchev–Trinajstić information content (AvgIpc) is 2.90. The Kier molecular flexibility index (Phi) is 3.36. The number of carboxylic acid groups (broad SMARTS) is 1. The van der Waals surface area contributed by atoms with Gasteiger partial charge in [0.15, 0.2) is 5.16 Å². The number of fused-ring (bicyclic) bond motifs is 2. The van der Waals surface area contributed by atoms with Crippen molar-refractivity contribution in [3.63, 3.8) is 0 Å². The van der Waals surface area contributed by atoms with E-state index in [4.69, 9.17) is 9.84 Å². The molecule has 2 unspecified atom stereocenters. The number of thioether (sulfide) groups is 1. The van der Waals surface area contributed by atoms with E-state index in [0.717, 1.165) is 31.9 Å². The van der Waals surface area contributed by atoms with Crippen LogP contribution in [0.3, 0.4) is 0 Å². The summed E-state index contributed by atoms with van der Waals surface area (Å²) in [5, 5.41) is 17.6. The topological polar surface area (TPSA) is 80.5 Å². The fourth-order valence-corrected chi connectivity index (χ4v) is 3.24. The minimum absolute atomic E-state index is 0.000332. The number of morpholine rings is 1. The lowest BCUT2D eigenvalue weighted by atomic mass is 10.2. The van der Waals surface area contributed by atoms with Crippen LogP contribution in [0.1, 0.15) is 12.8 Å². The molecule has 19 heavy (non-hydrogen) atoms. The van der Waals surface area contributed by atoms with Crippen LogP contribution in [0.5, 0.6) is 0 Å². The molecule has 1 aromatic heterocycles. The van der Waals surface area contributed by atoms with Gasteiger partial charge in [-0.25, -0.2) is 0 Å². The minimum Gasteiger partial charge on any atom is -0.481 e. The molecule has 1 N–H and O–H groups in total. The smallest absolute Gasteiger partial charge is 0.313 e. The van der Waals surface area contributed by atoms with Crippen molar-refractivity contribution < 1.29 is 14.6 Å². The van der Waals surface area contributed by atoms with Crippen LogP contribution in [0.2, 0.25) is 0 Å². The van der Waals surface area contributed by atoms with Crippen molar-refractivity contribution in [1.82, 2.24) is 14.8 Å². The molecule has 7 nitrogen and oxygen atoms in total. The van der Waals surface area contributed by atoms with Crippen molar-refractivity contribution in [3.8, 4) is 0 Å². The summed E-state index contributed by atoms with van der Waals surface area (Å²) in [6.07, 6.45) is 2.82.